The van der Waals surface area contributed by atoms with Gasteiger partial charge in [0.05, 0.1) is 18.5 Å². The summed E-state index contributed by atoms with van der Waals surface area (Å²) in [6.45, 7) is 2.64. The van der Waals surface area contributed by atoms with Crippen LogP contribution in [-0.4, -0.2) is 23.7 Å². The molecule has 43 heavy (non-hydrogen) atoms. The van der Waals surface area contributed by atoms with Crippen LogP contribution in [0.4, 0.5) is 10.8 Å². The number of nitrogens with one attached hydrogen (secondary N) is 2. The number of carbonyl (C=O) groups is 1. The van der Waals surface area contributed by atoms with E-state index in [1.165, 1.54) is 11.3 Å². The summed E-state index contributed by atoms with van der Waals surface area (Å²) in [6, 6.07) is 25.7. The molecule has 11 heteroatoms. The lowest BCUT2D eigenvalue weighted by Crippen LogP contribution is -2.17. The Morgan fingerprint density at radius 3 is 2.49 bits per heavy atom. The number of amides is 1. The first-order valence-electron chi connectivity index (χ1n) is 13.1. The van der Waals surface area contributed by atoms with E-state index < -0.39 is 0 Å². The fourth-order valence-electron chi connectivity index (χ4n) is 3.94. The molecule has 0 radical (unpaired) electrons. The molecular formula is C32H25BrCl2N4O3S. The van der Waals surface area contributed by atoms with Crippen LogP contribution >= 0.6 is 50.5 Å². The maximum atomic E-state index is 12.7. The Labute approximate surface area is 271 Å². The lowest BCUT2D eigenvalue weighted by Gasteiger charge is -2.14. The van der Waals surface area contributed by atoms with Crippen molar-refractivity contribution in [2.24, 2.45) is 5.10 Å². The number of hydrogen-bond donors (Lipinski definition) is 2. The van der Waals surface area contributed by atoms with Crippen molar-refractivity contribution in [1.82, 2.24) is 10.4 Å². The smallest absolute Gasteiger partial charge is 0.271 e. The fraction of sp³-hybridized carbons (Fsp3) is 0.0938. The molecule has 1 aromatic heterocycles. The number of carbonyl (C=O) groups excluding carboxylic acids is 1. The van der Waals surface area contributed by atoms with Gasteiger partial charge in [-0.1, -0.05) is 53.5 Å². The van der Waals surface area contributed by atoms with Gasteiger partial charge in [0.15, 0.2) is 16.6 Å². The Kier molecular flexibility index (Phi) is 10.3. The molecule has 1 heterocycles. The van der Waals surface area contributed by atoms with Gasteiger partial charge in [-0.2, -0.15) is 5.10 Å². The summed E-state index contributed by atoms with van der Waals surface area (Å²) in [5.74, 6) is 0.768. The van der Waals surface area contributed by atoms with Crippen LogP contribution in [0.15, 0.2) is 99.9 Å². The van der Waals surface area contributed by atoms with E-state index in [9.17, 15) is 4.79 Å². The van der Waals surface area contributed by atoms with Crippen molar-refractivity contribution in [1.29, 1.82) is 0 Å². The lowest BCUT2D eigenvalue weighted by atomic mass is 10.1. The van der Waals surface area contributed by atoms with Crippen molar-refractivity contribution in [2.45, 2.75) is 13.5 Å². The number of aromatic nitrogens is 1. The summed E-state index contributed by atoms with van der Waals surface area (Å²) in [5.41, 5.74) is 7.21. The van der Waals surface area contributed by atoms with Gasteiger partial charge in [-0.05, 0) is 77.5 Å². The predicted molar refractivity (Wildman–Crippen MR) is 178 cm³/mol. The number of thiazole rings is 1. The van der Waals surface area contributed by atoms with E-state index in [0.29, 0.717) is 45.9 Å². The van der Waals surface area contributed by atoms with Crippen LogP contribution < -0.4 is 20.2 Å². The Hall–Kier alpha value is -3.89. The highest BCUT2D eigenvalue weighted by Crippen LogP contribution is 2.34. The van der Waals surface area contributed by atoms with Crippen molar-refractivity contribution in [3.05, 3.63) is 122 Å². The number of ether oxygens (including phenoxy) is 2. The molecule has 2 N–H and O–H groups in total. The second-order valence-electron chi connectivity index (χ2n) is 9.08. The molecule has 0 atom stereocenters. The minimum absolute atomic E-state index is 0.290. The normalized spacial score (nSPS) is 11.0. The van der Waals surface area contributed by atoms with Crippen molar-refractivity contribution >= 4 is 73.4 Å². The number of benzene rings is 4. The monoisotopic (exact) mass is 694 g/mol. The van der Waals surface area contributed by atoms with E-state index in [4.69, 9.17) is 32.7 Å². The van der Waals surface area contributed by atoms with E-state index >= 15 is 0 Å². The van der Waals surface area contributed by atoms with Gasteiger partial charge in [0.25, 0.3) is 5.91 Å². The van der Waals surface area contributed by atoms with Gasteiger partial charge < -0.3 is 14.8 Å². The maximum Gasteiger partial charge on any atom is 0.271 e. The largest absolute Gasteiger partial charge is 0.490 e. The van der Waals surface area contributed by atoms with Gasteiger partial charge in [0.2, 0.25) is 0 Å². The number of nitrogens with zero attached hydrogens (tertiary/aromatic N) is 2. The molecule has 0 saturated heterocycles. The molecule has 5 rings (SSSR count). The Balaban J connectivity index is 1.20. The molecule has 1 amide bonds. The highest BCUT2D eigenvalue weighted by molar-refractivity contribution is 9.10. The molecule has 4 aromatic carbocycles. The zero-order valence-electron chi connectivity index (χ0n) is 22.8. The van der Waals surface area contributed by atoms with E-state index in [1.807, 2.05) is 73.0 Å². The highest BCUT2D eigenvalue weighted by atomic mass is 79.9. The minimum Gasteiger partial charge on any atom is -0.490 e. The van der Waals surface area contributed by atoms with Crippen LogP contribution in [0.3, 0.4) is 0 Å². The summed E-state index contributed by atoms with van der Waals surface area (Å²) >= 11 is 17.3. The highest BCUT2D eigenvalue weighted by Gasteiger charge is 2.12. The van der Waals surface area contributed by atoms with Crippen molar-refractivity contribution in [3.8, 4) is 22.8 Å². The van der Waals surface area contributed by atoms with Crippen LogP contribution in [-0.2, 0) is 6.61 Å². The van der Waals surface area contributed by atoms with Crippen molar-refractivity contribution in [3.63, 3.8) is 0 Å². The topological polar surface area (TPSA) is 84.8 Å². The molecular weight excluding hydrogens is 671 g/mol. The number of hydrogen-bond acceptors (Lipinski definition) is 7. The average molecular weight is 696 g/mol. The lowest BCUT2D eigenvalue weighted by molar-refractivity contribution is 0.0955. The predicted octanol–water partition coefficient (Wildman–Crippen LogP) is 9.36. The third kappa shape index (κ3) is 8.14. The first-order chi connectivity index (χ1) is 20.9. The molecule has 0 unspecified atom stereocenters. The standard InChI is InChI=1S/C32H25BrCl2N4O3S/c1-2-41-29-15-23(26(33)16-30(29)42-18-22-5-3-4-6-27(22)35)17-36-39-31(40)21-9-7-20(8-10-21)28-19-43-32(38-28)37-25-13-11-24(34)12-14-25/h3-17,19H,2,18H2,1H3,(H,37,38)(H,39,40)/b36-17-. The van der Waals surface area contributed by atoms with Crippen LogP contribution in [0.5, 0.6) is 11.5 Å². The molecule has 0 aliphatic carbocycles. The molecule has 0 fully saturated rings. The van der Waals surface area contributed by atoms with Gasteiger partial charge in [-0.15, -0.1) is 11.3 Å². The molecule has 0 spiro atoms. The first kappa shape index (κ1) is 30.6. The van der Waals surface area contributed by atoms with Crippen LogP contribution in [0, 0.1) is 0 Å². The van der Waals surface area contributed by atoms with Gasteiger partial charge in [0, 0.05) is 47.8 Å². The number of hydrazone groups is 1. The van der Waals surface area contributed by atoms with E-state index in [0.717, 1.165) is 32.1 Å². The summed E-state index contributed by atoms with van der Waals surface area (Å²) in [4.78, 5) is 17.4. The summed E-state index contributed by atoms with van der Waals surface area (Å²) < 4.78 is 12.5. The summed E-state index contributed by atoms with van der Waals surface area (Å²) in [7, 11) is 0. The Morgan fingerprint density at radius 1 is 1.00 bits per heavy atom. The first-order valence-corrected chi connectivity index (χ1v) is 15.6. The Morgan fingerprint density at radius 2 is 1.74 bits per heavy atom. The maximum absolute atomic E-state index is 12.7. The van der Waals surface area contributed by atoms with Gasteiger partial charge in [0.1, 0.15) is 6.61 Å². The minimum atomic E-state index is -0.341. The molecule has 0 aliphatic heterocycles. The van der Waals surface area contributed by atoms with Crippen molar-refractivity contribution in [2.75, 3.05) is 11.9 Å². The van der Waals surface area contributed by atoms with Crippen LogP contribution in [0.1, 0.15) is 28.4 Å². The third-order valence-corrected chi connectivity index (χ3v) is 8.18. The van der Waals surface area contributed by atoms with E-state index in [2.05, 4.69) is 36.8 Å². The number of halogens is 3. The molecule has 7 nitrogen and oxygen atoms in total. The quantitative estimate of drug-likeness (QED) is 0.106. The van der Waals surface area contributed by atoms with Crippen molar-refractivity contribution < 1.29 is 14.3 Å². The van der Waals surface area contributed by atoms with Crippen LogP contribution in [0.2, 0.25) is 10.0 Å². The third-order valence-electron chi connectivity index (χ3n) is 6.12. The van der Waals surface area contributed by atoms with E-state index in [-0.39, 0.29) is 5.91 Å². The van der Waals surface area contributed by atoms with Gasteiger partial charge in [-0.25, -0.2) is 10.4 Å². The molecule has 5 aromatic rings. The Bertz CT molecular complexity index is 1750. The van der Waals surface area contributed by atoms with Crippen LogP contribution in [0.25, 0.3) is 11.3 Å². The SMILES string of the molecule is CCOc1cc(/C=N\NC(=O)c2ccc(-c3csc(Nc4ccc(Cl)cc4)n3)cc2)c(Br)cc1OCc1ccccc1Cl. The van der Waals surface area contributed by atoms with Gasteiger partial charge in [-0.3, -0.25) is 4.79 Å². The zero-order chi connectivity index (χ0) is 30.2. The second-order valence-corrected chi connectivity index (χ2v) is 11.6. The molecule has 218 valence electrons. The summed E-state index contributed by atoms with van der Waals surface area (Å²) in [5, 5.41) is 11.4. The summed E-state index contributed by atoms with van der Waals surface area (Å²) in [6.07, 6.45) is 1.54. The van der Waals surface area contributed by atoms with E-state index in [1.54, 1.807) is 30.5 Å². The second kappa shape index (κ2) is 14.5. The molecule has 0 aliphatic rings. The van der Waals surface area contributed by atoms with Gasteiger partial charge >= 0.3 is 0 Å². The molecule has 0 saturated carbocycles. The average Bonchev–Trinajstić information content (AvgIpc) is 3.48. The number of anilines is 2. The molecule has 0 bridgehead atoms. The zero-order valence-corrected chi connectivity index (χ0v) is 26.7. The number of rotatable bonds is 11. The fourth-order valence-corrected chi connectivity index (χ4v) is 5.42.